The Morgan fingerprint density at radius 1 is 0.458 bits per heavy atom. The molecule has 1 aromatic carbocycles. The van der Waals surface area contributed by atoms with Crippen molar-refractivity contribution in [3.63, 3.8) is 0 Å². The lowest BCUT2D eigenvalue weighted by atomic mass is 9.77. The molecular formula is C29H31F19. The average molecular weight is 741 g/mol. The second-order valence-electron chi connectivity index (χ2n) is 12.1. The molecule has 1 aromatic rings. The lowest BCUT2D eigenvalue weighted by Gasteiger charge is -2.43. The van der Waals surface area contributed by atoms with E-state index in [-0.39, 0.29) is 30.0 Å². The quantitative estimate of drug-likeness (QED) is 0.117. The largest absolute Gasteiger partial charge is 0.460 e. The van der Waals surface area contributed by atoms with Crippen molar-refractivity contribution >= 4 is 0 Å². The van der Waals surface area contributed by atoms with Gasteiger partial charge in [0.1, 0.15) is 0 Å². The summed E-state index contributed by atoms with van der Waals surface area (Å²) >= 11 is 0. The maximum absolute atomic E-state index is 14.6. The molecular weight excluding hydrogens is 709 g/mol. The summed E-state index contributed by atoms with van der Waals surface area (Å²) < 4.78 is 259. The molecule has 2 rings (SSSR count). The van der Waals surface area contributed by atoms with E-state index in [9.17, 15) is 83.4 Å². The molecule has 0 spiro atoms. The summed E-state index contributed by atoms with van der Waals surface area (Å²) in [6.07, 6.45) is 1.72. The smallest absolute Gasteiger partial charge is 0.194 e. The van der Waals surface area contributed by atoms with Gasteiger partial charge in [0.2, 0.25) is 0 Å². The van der Waals surface area contributed by atoms with Crippen molar-refractivity contribution in [2.75, 3.05) is 0 Å². The zero-order valence-electron chi connectivity index (χ0n) is 24.9. The first kappa shape index (κ1) is 42.1. The summed E-state index contributed by atoms with van der Waals surface area (Å²) in [6.45, 7) is 2.08. The minimum absolute atomic E-state index is 0.00451. The van der Waals surface area contributed by atoms with E-state index < -0.39 is 59.1 Å². The monoisotopic (exact) mass is 740 g/mol. The van der Waals surface area contributed by atoms with Crippen molar-refractivity contribution in [3.8, 4) is 0 Å². The number of hydrogen-bond donors (Lipinski definition) is 0. The van der Waals surface area contributed by atoms with E-state index in [0.717, 1.165) is 57.8 Å². The molecule has 0 N–H and O–H groups in total. The molecule has 0 aliphatic heterocycles. The fourth-order valence-corrected chi connectivity index (χ4v) is 5.46. The highest BCUT2D eigenvalue weighted by atomic mass is 19.4. The Hall–Kier alpha value is -2.11. The molecule has 280 valence electrons. The molecule has 0 amide bonds. The van der Waals surface area contributed by atoms with Crippen molar-refractivity contribution in [3.05, 3.63) is 35.4 Å². The summed E-state index contributed by atoms with van der Waals surface area (Å²) in [5.41, 5.74) is -2.12. The van der Waals surface area contributed by atoms with Crippen LogP contribution in [0.5, 0.6) is 0 Å². The van der Waals surface area contributed by atoms with Crippen molar-refractivity contribution in [2.24, 2.45) is 11.8 Å². The summed E-state index contributed by atoms with van der Waals surface area (Å²) in [5.74, 6) is -65.9. The van der Waals surface area contributed by atoms with Crippen LogP contribution in [0.2, 0.25) is 0 Å². The van der Waals surface area contributed by atoms with E-state index in [1.54, 1.807) is 0 Å². The van der Waals surface area contributed by atoms with Gasteiger partial charge >= 0.3 is 53.6 Å². The summed E-state index contributed by atoms with van der Waals surface area (Å²) in [4.78, 5) is 0. The van der Waals surface area contributed by atoms with Crippen LogP contribution in [0.25, 0.3) is 0 Å². The van der Waals surface area contributed by atoms with Gasteiger partial charge in [-0.2, -0.15) is 83.4 Å². The van der Waals surface area contributed by atoms with Crippen LogP contribution in [0.15, 0.2) is 24.3 Å². The van der Waals surface area contributed by atoms with Gasteiger partial charge in [0.15, 0.2) is 0 Å². The van der Waals surface area contributed by atoms with Gasteiger partial charge in [0.25, 0.3) is 0 Å². The number of rotatable bonds is 16. The fourth-order valence-electron chi connectivity index (χ4n) is 5.46. The van der Waals surface area contributed by atoms with Crippen LogP contribution < -0.4 is 0 Å². The van der Waals surface area contributed by atoms with E-state index in [1.165, 1.54) is 0 Å². The van der Waals surface area contributed by atoms with E-state index in [0.29, 0.717) is 24.5 Å². The van der Waals surface area contributed by atoms with Gasteiger partial charge in [-0.05, 0) is 30.2 Å². The molecule has 0 atom stereocenters. The number of unbranched alkanes of at least 4 members (excludes halogenated alkanes) is 3. The minimum atomic E-state index is -8.92. The average Bonchev–Trinajstić information content (AvgIpc) is 2.97. The summed E-state index contributed by atoms with van der Waals surface area (Å²) in [6, 6.07) is 1.32. The van der Waals surface area contributed by atoms with Gasteiger partial charge in [-0.15, -0.1) is 0 Å². The normalized spacial score (nSPS) is 19.9. The van der Waals surface area contributed by atoms with E-state index in [4.69, 9.17) is 0 Å². The molecule has 19 heteroatoms. The van der Waals surface area contributed by atoms with E-state index in [2.05, 4.69) is 6.92 Å². The zero-order chi connectivity index (χ0) is 37.4. The highest BCUT2D eigenvalue weighted by Gasteiger charge is 2.96. The first-order valence-electron chi connectivity index (χ1n) is 14.7. The van der Waals surface area contributed by atoms with Crippen LogP contribution in [0.1, 0.15) is 82.3 Å². The molecule has 0 radical (unpaired) electrons. The Bertz CT molecular complexity index is 1180. The topological polar surface area (TPSA) is 0 Å². The molecule has 1 saturated carbocycles. The van der Waals surface area contributed by atoms with Crippen molar-refractivity contribution in [1.82, 2.24) is 0 Å². The second-order valence-corrected chi connectivity index (χ2v) is 12.1. The molecule has 0 nitrogen and oxygen atoms in total. The SMILES string of the molecule is CCCCCCC1CCC(CCc2ccc(C(F)(F)C(F)(F)C(F)(F)C(F)(F)C(F)(F)C(F)(F)C(F)(F)C(F)(F)C(F)(F)F)cc2)CC1. The van der Waals surface area contributed by atoms with Crippen LogP contribution in [-0.2, 0) is 12.3 Å². The van der Waals surface area contributed by atoms with Gasteiger partial charge in [-0.1, -0.05) is 89.0 Å². The van der Waals surface area contributed by atoms with Crippen LogP contribution >= 0.6 is 0 Å². The maximum atomic E-state index is 14.6. The van der Waals surface area contributed by atoms with Gasteiger partial charge in [-0.3, -0.25) is 0 Å². The van der Waals surface area contributed by atoms with Crippen LogP contribution in [0.3, 0.4) is 0 Å². The standard InChI is InChI=1S/C29H31F19/c1-2-3-4-5-6-17-7-9-18(10-8-17)11-12-19-13-15-20(16-14-19)21(30,31)22(32,33)23(34,35)24(36,37)25(38,39)26(40,41)27(42,43)28(44,45)29(46,47)48/h13-18H,2-12H2,1H3. The number of aryl methyl sites for hydroxylation is 1. The highest BCUT2D eigenvalue weighted by molar-refractivity contribution is 5.30. The van der Waals surface area contributed by atoms with Gasteiger partial charge in [-0.25, -0.2) is 0 Å². The van der Waals surface area contributed by atoms with Gasteiger partial charge < -0.3 is 0 Å². The Kier molecular flexibility index (Phi) is 12.2. The Labute approximate surface area is 262 Å². The minimum Gasteiger partial charge on any atom is -0.194 e. The summed E-state index contributed by atoms with van der Waals surface area (Å²) in [7, 11) is 0. The van der Waals surface area contributed by atoms with E-state index >= 15 is 0 Å². The van der Waals surface area contributed by atoms with E-state index in [1.807, 2.05) is 0 Å². The van der Waals surface area contributed by atoms with Gasteiger partial charge in [0, 0.05) is 5.56 Å². The molecule has 1 aliphatic rings. The Balaban J connectivity index is 2.25. The predicted molar refractivity (Wildman–Crippen MR) is 134 cm³/mol. The molecule has 0 saturated heterocycles. The Morgan fingerprint density at radius 3 is 1.23 bits per heavy atom. The number of alkyl halides is 19. The Morgan fingerprint density at radius 2 is 0.833 bits per heavy atom. The number of benzene rings is 1. The van der Waals surface area contributed by atoms with Crippen LogP contribution in [0, 0.1) is 11.8 Å². The third-order valence-electron chi connectivity index (χ3n) is 8.71. The first-order valence-corrected chi connectivity index (χ1v) is 14.7. The van der Waals surface area contributed by atoms with Crippen molar-refractivity contribution in [2.45, 2.75) is 131 Å². The molecule has 0 bridgehead atoms. The molecule has 1 fully saturated rings. The molecule has 0 aromatic heterocycles. The first-order chi connectivity index (χ1) is 21.5. The molecule has 48 heavy (non-hydrogen) atoms. The predicted octanol–water partition coefficient (Wildman–Crippen LogP) is 12.5. The second kappa shape index (κ2) is 13.9. The lowest BCUT2D eigenvalue weighted by Crippen LogP contribution is -2.75. The highest BCUT2D eigenvalue weighted by Crippen LogP contribution is 2.66. The van der Waals surface area contributed by atoms with Crippen molar-refractivity contribution in [1.29, 1.82) is 0 Å². The third kappa shape index (κ3) is 7.07. The number of halogens is 19. The number of hydrogen-bond acceptors (Lipinski definition) is 0. The molecule has 1 aliphatic carbocycles. The summed E-state index contributed by atoms with van der Waals surface area (Å²) in [5, 5.41) is 0. The molecule has 0 heterocycles. The van der Waals surface area contributed by atoms with Crippen molar-refractivity contribution < 1.29 is 83.4 Å². The third-order valence-corrected chi connectivity index (χ3v) is 8.71. The lowest BCUT2D eigenvalue weighted by molar-refractivity contribution is -0.469. The fraction of sp³-hybridized carbons (Fsp3) is 0.793. The van der Waals surface area contributed by atoms with Crippen LogP contribution in [-0.4, -0.2) is 47.6 Å². The maximum Gasteiger partial charge on any atom is 0.460 e. The van der Waals surface area contributed by atoms with Gasteiger partial charge in [0.05, 0.1) is 0 Å². The van der Waals surface area contributed by atoms with Crippen LogP contribution in [0.4, 0.5) is 83.4 Å². The molecule has 0 unspecified atom stereocenters. The zero-order valence-corrected chi connectivity index (χ0v) is 24.9.